The Hall–Kier alpha value is -1.65. The van der Waals surface area contributed by atoms with Crippen LogP contribution in [0.1, 0.15) is 23.7 Å². The lowest BCUT2D eigenvalue weighted by Gasteiger charge is -2.18. The molecule has 1 aliphatic rings. The van der Waals surface area contributed by atoms with Crippen LogP contribution in [-0.2, 0) is 0 Å². The van der Waals surface area contributed by atoms with Gasteiger partial charge in [0.1, 0.15) is 11.5 Å². The van der Waals surface area contributed by atoms with E-state index < -0.39 is 11.6 Å². The number of carbonyl (C=O) groups excluding carboxylic acids is 1. The summed E-state index contributed by atoms with van der Waals surface area (Å²) in [6.07, 6.45) is 1.93. The van der Waals surface area contributed by atoms with Gasteiger partial charge in [-0.05, 0) is 19.1 Å². The van der Waals surface area contributed by atoms with E-state index in [4.69, 9.17) is 5.73 Å². The minimum absolute atomic E-state index is 0.343. The van der Waals surface area contributed by atoms with Crippen molar-refractivity contribution in [1.82, 2.24) is 4.98 Å². The summed E-state index contributed by atoms with van der Waals surface area (Å²) in [4.78, 5) is 16.8. The van der Waals surface area contributed by atoms with E-state index in [9.17, 15) is 9.18 Å². The third kappa shape index (κ3) is 2.13. The van der Waals surface area contributed by atoms with Crippen LogP contribution in [0.2, 0.25) is 0 Å². The smallest absolute Gasteiger partial charge is 0.250 e. The Kier molecular flexibility index (Phi) is 2.53. The first-order valence-electron chi connectivity index (χ1n) is 5.18. The number of hydrogen-bond donors (Lipinski definition) is 1. The fraction of sp³-hybridized carbons (Fsp3) is 0.455. The summed E-state index contributed by atoms with van der Waals surface area (Å²) in [7, 11) is 0. The van der Waals surface area contributed by atoms with Gasteiger partial charge in [0.05, 0.1) is 12.1 Å². The molecule has 1 fully saturated rings. The maximum atomic E-state index is 13.6. The van der Waals surface area contributed by atoms with Crippen LogP contribution >= 0.6 is 0 Å². The fourth-order valence-corrected chi connectivity index (χ4v) is 1.84. The van der Waals surface area contributed by atoms with Crippen LogP contribution in [0, 0.1) is 0 Å². The van der Waals surface area contributed by atoms with Crippen molar-refractivity contribution in [3.8, 4) is 0 Å². The Morgan fingerprint density at radius 1 is 1.62 bits per heavy atom. The molecule has 1 amide bonds. The van der Waals surface area contributed by atoms with E-state index in [0.29, 0.717) is 30.9 Å². The van der Waals surface area contributed by atoms with Crippen LogP contribution in [0.25, 0.3) is 0 Å². The predicted octanol–water partition coefficient (Wildman–Crippen LogP) is 1.12. The van der Waals surface area contributed by atoms with Crippen molar-refractivity contribution in [3.63, 3.8) is 0 Å². The van der Waals surface area contributed by atoms with Gasteiger partial charge in [-0.25, -0.2) is 9.37 Å². The Morgan fingerprint density at radius 3 is 2.81 bits per heavy atom. The van der Waals surface area contributed by atoms with E-state index in [2.05, 4.69) is 4.98 Å². The SMILES string of the molecule is CC1(F)CCN(c2ccc(C(N)=O)cn2)C1. The van der Waals surface area contributed by atoms with Crippen molar-refractivity contribution in [1.29, 1.82) is 0 Å². The van der Waals surface area contributed by atoms with E-state index in [0.717, 1.165) is 0 Å². The number of pyridine rings is 1. The average molecular weight is 223 g/mol. The van der Waals surface area contributed by atoms with Crippen LogP contribution in [0.4, 0.5) is 10.2 Å². The van der Waals surface area contributed by atoms with Gasteiger partial charge in [0, 0.05) is 19.2 Å². The molecule has 0 radical (unpaired) electrons. The van der Waals surface area contributed by atoms with Crippen LogP contribution in [-0.4, -0.2) is 29.6 Å². The Balaban J connectivity index is 2.14. The van der Waals surface area contributed by atoms with Gasteiger partial charge in [-0.15, -0.1) is 0 Å². The molecule has 0 saturated carbocycles. The van der Waals surface area contributed by atoms with E-state index in [1.165, 1.54) is 6.20 Å². The number of nitrogens with two attached hydrogens (primary N) is 1. The third-order valence-electron chi connectivity index (χ3n) is 2.78. The molecular weight excluding hydrogens is 209 g/mol. The summed E-state index contributed by atoms with van der Waals surface area (Å²) in [5.41, 5.74) is 4.33. The number of aromatic nitrogens is 1. The summed E-state index contributed by atoms with van der Waals surface area (Å²) >= 11 is 0. The number of rotatable bonds is 2. The number of primary amides is 1. The van der Waals surface area contributed by atoms with Crippen LogP contribution in [0.3, 0.4) is 0 Å². The predicted molar refractivity (Wildman–Crippen MR) is 59.1 cm³/mol. The molecule has 1 unspecified atom stereocenters. The van der Waals surface area contributed by atoms with Crippen molar-refractivity contribution in [2.45, 2.75) is 19.0 Å². The number of alkyl halides is 1. The van der Waals surface area contributed by atoms with Crippen molar-refractivity contribution < 1.29 is 9.18 Å². The lowest BCUT2D eigenvalue weighted by atomic mass is 10.1. The second-order valence-electron chi connectivity index (χ2n) is 4.35. The molecular formula is C11H14FN3O. The molecule has 1 aliphatic heterocycles. The van der Waals surface area contributed by atoms with E-state index in [-0.39, 0.29) is 0 Å². The zero-order valence-corrected chi connectivity index (χ0v) is 9.11. The Bertz CT molecular complexity index is 402. The number of halogens is 1. The van der Waals surface area contributed by atoms with Crippen molar-refractivity contribution in [2.75, 3.05) is 18.0 Å². The molecule has 2 rings (SSSR count). The maximum Gasteiger partial charge on any atom is 0.250 e. The topological polar surface area (TPSA) is 59.2 Å². The quantitative estimate of drug-likeness (QED) is 0.817. The number of anilines is 1. The zero-order valence-electron chi connectivity index (χ0n) is 9.11. The molecule has 86 valence electrons. The Morgan fingerprint density at radius 2 is 2.38 bits per heavy atom. The molecule has 4 nitrogen and oxygen atoms in total. The molecule has 5 heteroatoms. The largest absolute Gasteiger partial charge is 0.366 e. The molecule has 1 atom stereocenters. The second kappa shape index (κ2) is 3.73. The van der Waals surface area contributed by atoms with Crippen LogP contribution < -0.4 is 10.6 Å². The van der Waals surface area contributed by atoms with Crippen molar-refractivity contribution in [2.24, 2.45) is 5.73 Å². The number of hydrogen-bond acceptors (Lipinski definition) is 3. The third-order valence-corrected chi connectivity index (χ3v) is 2.78. The van der Waals surface area contributed by atoms with Gasteiger partial charge in [-0.1, -0.05) is 0 Å². The fourth-order valence-electron chi connectivity index (χ4n) is 1.84. The summed E-state index contributed by atoms with van der Waals surface area (Å²) in [6, 6.07) is 3.31. The number of carbonyl (C=O) groups is 1. The summed E-state index contributed by atoms with van der Waals surface area (Å²) in [5, 5.41) is 0. The highest BCUT2D eigenvalue weighted by atomic mass is 19.1. The molecule has 16 heavy (non-hydrogen) atoms. The van der Waals surface area contributed by atoms with Gasteiger partial charge >= 0.3 is 0 Å². The van der Waals surface area contributed by atoms with Gasteiger partial charge in [-0.3, -0.25) is 4.79 Å². The Labute approximate surface area is 93.3 Å². The molecule has 1 saturated heterocycles. The first-order chi connectivity index (χ1) is 7.48. The van der Waals surface area contributed by atoms with Gasteiger partial charge in [0.15, 0.2) is 0 Å². The van der Waals surface area contributed by atoms with E-state index in [1.807, 2.05) is 4.90 Å². The number of amides is 1. The molecule has 0 aliphatic carbocycles. The molecule has 1 aromatic heterocycles. The molecule has 0 aromatic carbocycles. The molecule has 0 spiro atoms. The van der Waals surface area contributed by atoms with Gasteiger partial charge in [0.25, 0.3) is 0 Å². The molecule has 0 bridgehead atoms. The minimum atomic E-state index is -1.15. The second-order valence-corrected chi connectivity index (χ2v) is 4.35. The highest BCUT2D eigenvalue weighted by Gasteiger charge is 2.33. The average Bonchev–Trinajstić information content (AvgIpc) is 2.59. The summed E-state index contributed by atoms with van der Waals surface area (Å²) < 4.78 is 13.6. The lowest BCUT2D eigenvalue weighted by molar-refractivity contribution is 0.1000. The van der Waals surface area contributed by atoms with Gasteiger partial charge in [-0.2, -0.15) is 0 Å². The van der Waals surface area contributed by atoms with Crippen LogP contribution in [0.15, 0.2) is 18.3 Å². The van der Waals surface area contributed by atoms with Crippen molar-refractivity contribution in [3.05, 3.63) is 23.9 Å². The van der Waals surface area contributed by atoms with Gasteiger partial charge in [0.2, 0.25) is 5.91 Å². The lowest BCUT2D eigenvalue weighted by Crippen LogP contribution is -2.26. The summed E-state index contributed by atoms with van der Waals surface area (Å²) in [5.74, 6) is 0.183. The first kappa shape index (κ1) is 10.9. The zero-order chi connectivity index (χ0) is 11.8. The van der Waals surface area contributed by atoms with Crippen LogP contribution in [0.5, 0.6) is 0 Å². The molecule has 1 aromatic rings. The van der Waals surface area contributed by atoms with Crippen molar-refractivity contribution >= 4 is 11.7 Å². The molecule has 2 N–H and O–H groups in total. The standard InChI is InChI=1S/C11H14FN3O/c1-11(12)4-5-15(7-11)9-3-2-8(6-14-9)10(13)16/h2-3,6H,4-5,7H2,1H3,(H2,13,16). The first-order valence-corrected chi connectivity index (χ1v) is 5.18. The summed E-state index contributed by atoms with van der Waals surface area (Å²) in [6.45, 7) is 2.58. The van der Waals surface area contributed by atoms with E-state index in [1.54, 1.807) is 19.1 Å². The monoisotopic (exact) mass is 223 g/mol. The molecule has 2 heterocycles. The minimum Gasteiger partial charge on any atom is -0.366 e. The van der Waals surface area contributed by atoms with E-state index >= 15 is 0 Å². The normalized spacial score (nSPS) is 24.8. The number of nitrogens with zero attached hydrogens (tertiary/aromatic N) is 2. The maximum absolute atomic E-state index is 13.6. The highest BCUT2D eigenvalue weighted by molar-refractivity contribution is 5.92. The van der Waals surface area contributed by atoms with Gasteiger partial charge < -0.3 is 10.6 Å². The highest BCUT2D eigenvalue weighted by Crippen LogP contribution is 2.27.